The Balaban J connectivity index is 2.17. The zero-order chi connectivity index (χ0) is 18.7. The number of quaternary nitrogens is 1. The van der Waals surface area contributed by atoms with Gasteiger partial charge in [0.15, 0.2) is 0 Å². The van der Waals surface area contributed by atoms with Gasteiger partial charge in [0.05, 0.1) is 19.1 Å². The topological polar surface area (TPSA) is 85.2 Å². The van der Waals surface area contributed by atoms with Crippen molar-refractivity contribution in [2.45, 2.75) is 13.5 Å². The van der Waals surface area contributed by atoms with E-state index in [0.29, 0.717) is 21.9 Å². The summed E-state index contributed by atoms with van der Waals surface area (Å²) in [5.41, 5.74) is 0.647. The lowest BCUT2D eigenvalue weighted by Gasteiger charge is -2.29. The number of carbonyl (C=O) groups excluding carboxylic acids is 2. The largest absolute Gasteiger partial charge is 0.533 e. The van der Waals surface area contributed by atoms with Crippen molar-refractivity contribution < 1.29 is 28.7 Å². The lowest BCUT2D eigenvalue weighted by Crippen LogP contribution is -2.59. The standard InChI is InChI=1S/C19H18N2O5/c1-3-26-19(24)21(12-13-8-10-14(25-2)11-9-13)17(22)15-6-4-5-7-16(15)20-18(21)23/h4-11H,3,12H2,1-2H3/p+1. The summed E-state index contributed by atoms with van der Waals surface area (Å²) in [6, 6.07) is 12.7. The molecule has 0 aromatic heterocycles. The molecule has 1 unspecified atom stereocenters. The van der Waals surface area contributed by atoms with E-state index in [0.717, 1.165) is 0 Å². The van der Waals surface area contributed by atoms with Crippen molar-refractivity contribution >= 4 is 18.0 Å². The average molecular weight is 355 g/mol. The minimum absolute atomic E-state index is 0.0731. The van der Waals surface area contributed by atoms with Crippen molar-refractivity contribution in [1.29, 1.82) is 0 Å². The molecule has 2 aromatic carbocycles. The van der Waals surface area contributed by atoms with Gasteiger partial charge in [-0.3, -0.25) is 0 Å². The van der Waals surface area contributed by atoms with Gasteiger partial charge >= 0.3 is 18.0 Å². The molecule has 1 atom stereocenters. The molecule has 7 heteroatoms. The zero-order valence-corrected chi connectivity index (χ0v) is 14.5. The molecule has 1 aliphatic heterocycles. The number of hydrogen-bond acceptors (Lipinski definition) is 5. The van der Waals surface area contributed by atoms with E-state index in [-0.39, 0.29) is 13.2 Å². The summed E-state index contributed by atoms with van der Waals surface area (Å²) in [6.45, 7) is 1.59. The Labute approximate surface area is 150 Å². The van der Waals surface area contributed by atoms with Crippen molar-refractivity contribution in [2.75, 3.05) is 13.7 Å². The minimum atomic E-state index is -1.04. The fraction of sp³-hybridized carbons (Fsp3) is 0.211. The molecule has 26 heavy (non-hydrogen) atoms. The van der Waals surface area contributed by atoms with E-state index in [1.165, 1.54) is 0 Å². The number of carbonyl (C=O) groups is 2. The first-order valence-electron chi connectivity index (χ1n) is 8.13. The highest BCUT2D eigenvalue weighted by molar-refractivity contribution is 5.85. The van der Waals surface area contributed by atoms with E-state index in [4.69, 9.17) is 9.47 Å². The molecule has 7 nitrogen and oxygen atoms in total. The number of ether oxygens (including phenoxy) is 2. The van der Waals surface area contributed by atoms with Gasteiger partial charge in [-0.05, 0) is 43.3 Å². The highest BCUT2D eigenvalue weighted by atomic mass is 16.6. The Morgan fingerprint density at radius 3 is 2.50 bits per heavy atom. The third kappa shape index (κ3) is 2.82. The molecule has 1 heterocycles. The molecule has 1 aliphatic rings. The summed E-state index contributed by atoms with van der Waals surface area (Å²) in [5.74, 6) is 0.250. The highest BCUT2D eigenvalue weighted by Crippen LogP contribution is 2.27. The number of para-hydroxylation sites is 1. The lowest BCUT2D eigenvalue weighted by atomic mass is 10.1. The second kappa shape index (κ2) is 6.97. The van der Waals surface area contributed by atoms with Crippen molar-refractivity contribution in [1.82, 2.24) is 0 Å². The maximum Gasteiger partial charge on any atom is 0.533 e. The maximum absolute atomic E-state index is 12.8. The molecule has 0 spiro atoms. The Bertz CT molecular complexity index is 968. The van der Waals surface area contributed by atoms with E-state index in [1.54, 1.807) is 62.6 Å². The summed E-state index contributed by atoms with van der Waals surface area (Å²) < 4.78 is 9.18. The van der Waals surface area contributed by atoms with Crippen LogP contribution in [0.3, 0.4) is 0 Å². The van der Waals surface area contributed by atoms with E-state index in [1.807, 2.05) is 0 Å². The van der Waals surface area contributed by atoms with E-state index < -0.39 is 22.5 Å². The number of imide groups is 1. The number of amides is 3. The molecule has 134 valence electrons. The van der Waals surface area contributed by atoms with Gasteiger partial charge in [0, 0.05) is 5.56 Å². The van der Waals surface area contributed by atoms with Crippen molar-refractivity contribution in [3.05, 3.63) is 64.7 Å². The Morgan fingerprint density at radius 1 is 1.15 bits per heavy atom. The number of methoxy groups -OCH3 is 1. The third-order valence-corrected chi connectivity index (χ3v) is 4.21. The monoisotopic (exact) mass is 355 g/mol. The van der Waals surface area contributed by atoms with Gasteiger partial charge in [-0.15, -0.1) is 0 Å². The van der Waals surface area contributed by atoms with Crippen LogP contribution in [0.15, 0.2) is 53.5 Å². The van der Waals surface area contributed by atoms with Crippen LogP contribution in [-0.4, -0.2) is 35.4 Å². The third-order valence-electron chi connectivity index (χ3n) is 4.21. The molecular weight excluding hydrogens is 336 g/mol. The van der Waals surface area contributed by atoms with Crippen LogP contribution in [0.5, 0.6) is 5.75 Å². The Morgan fingerprint density at radius 2 is 1.85 bits per heavy atom. The quantitative estimate of drug-likeness (QED) is 0.850. The van der Waals surface area contributed by atoms with Crippen LogP contribution in [0.25, 0.3) is 5.88 Å². The first-order chi connectivity index (χ1) is 12.5. The molecule has 0 radical (unpaired) electrons. The van der Waals surface area contributed by atoms with Crippen LogP contribution < -0.4 is 15.3 Å². The van der Waals surface area contributed by atoms with Crippen LogP contribution in [0, 0.1) is 0 Å². The molecule has 3 amide bonds. The molecule has 0 bridgehead atoms. The number of benzene rings is 2. The molecule has 2 aromatic rings. The van der Waals surface area contributed by atoms with Crippen molar-refractivity contribution in [2.24, 2.45) is 4.99 Å². The van der Waals surface area contributed by atoms with Crippen molar-refractivity contribution in [3.8, 4) is 5.75 Å². The van der Waals surface area contributed by atoms with E-state index in [2.05, 4.69) is 4.99 Å². The van der Waals surface area contributed by atoms with Gasteiger partial charge in [0.25, 0.3) is 0 Å². The molecular formula is C19H19N2O5+. The number of aliphatic hydroxyl groups excluding tert-OH is 1. The number of aliphatic hydroxyl groups is 1. The van der Waals surface area contributed by atoms with E-state index >= 15 is 0 Å². The molecule has 0 saturated carbocycles. The van der Waals surface area contributed by atoms with Gasteiger partial charge in [-0.2, -0.15) is 9.79 Å². The maximum atomic E-state index is 12.8. The van der Waals surface area contributed by atoms with Gasteiger partial charge in [0.2, 0.25) is 0 Å². The molecule has 0 aliphatic carbocycles. The number of nitrogens with zero attached hydrogens (tertiary/aromatic N) is 2. The first kappa shape index (κ1) is 17.6. The normalized spacial score (nSPS) is 18.7. The van der Waals surface area contributed by atoms with Crippen molar-refractivity contribution in [3.63, 3.8) is 0 Å². The summed E-state index contributed by atoms with van der Waals surface area (Å²) >= 11 is 0. The smallest absolute Gasteiger partial charge is 0.497 e. The number of urea groups is 1. The lowest BCUT2D eigenvalue weighted by molar-refractivity contribution is -0.730. The van der Waals surface area contributed by atoms with Crippen LogP contribution >= 0.6 is 0 Å². The predicted octanol–water partition coefficient (Wildman–Crippen LogP) is 2.25. The van der Waals surface area contributed by atoms with Crippen LogP contribution in [0.2, 0.25) is 0 Å². The fourth-order valence-corrected chi connectivity index (χ4v) is 2.85. The molecule has 3 rings (SSSR count). The zero-order valence-electron chi connectivity index (χ0n) is 14.5. The van der Waals surface area contributed by atoms with Crippen LogP contribution in [-0.2, 0) is 11.3 Å². The van der Waals surface area contributed by atoms with Crippen LogP contribution in [0.1, 0.15) is 12.5 Å². The summed E-state index contributed by atoms with van der Waals surface area (Å²) in [6.07, 6.45) is -0.871. The second-order valence-corrected chi connectivity index (χ2v) is 5.75. The average Bonchev–Trinajstić information content (AvgIpc) is 2.66. The Hall–Kier alpha value is -3.19. The van der Waals surface area contributed by atoms with E-state index in [9.17, 15) is 14.7 Å². The molecule has 0 saturated heterocycles. The van der Waals surface area contributed by atoms with Crippen LogP contribution in [0.4, 0.5) is 9.59 Å². The minimum Gasteiger partial charge on any atom is -0.497 e. The molecule has 1 N–H and O–H groups in total. The van der Waals surface area contributed by atoms with Gasteiger partial charge in [0.1, 0.15) is 17.5 Å². The number of hydrogen-bond donors (Lipinski definition) is 1. The van der Waals surface area contributed by atoms with Gasteiger partial charge < -0.3 is 14.6 Å². The predicted molar refractivity (Wildman–Crippen MR) is 92.6 cm³/mol. The molecule has 0 fully saturated rings. The number of rotatable bonds is 4. The van der Waals surface area contributed by atoms with Gasteiger partial charge in [-0.1, -0.05) is 16.6 Å². The second-order valence-electron chi connectivity index (χ2n) is 5.75. The SMILES string of the molecule is CCOC(=O)[N+]1(Cc2ccc(OC)cc2)C(=O)N=c2ccccc2=C1O. The van der Waals surface area contributed by atoms with Gasteiger partial charge in [-0.25, -0.2) is 4.79 Å². The Kier molecular flexibility index (Phi) is 4.73. The first-order valence-corrected chi connectivity index (χ1v) is 8.13. The fourth-order valence-electron chi connectivity index (χ4n) is 2.85. The summed E-state index contributed by atoms with van der Waals surface area (Å²) in [7, 11) is 1.55. The highest BCUT2D eigenvalue weighted by Gasteiger charge is 2.54. The number of fused-ring (bicyclic) bond motifs is 1. The summed E-state index contributed by atoms with van der Waals surface area (Å²) in [4.78, 5) is 29.6. The summed E-state index contributed by atoms with van der Waals surface area (Å²) in [5, 5.41) is 11.5.